The van der Waals surface area contributed by atoms with Crippen molar-refractivity contribution in [3.05, 3.63) is 66.2 Å². The van der Waals surface area contributed by atoms with Crippen molar-refractivity contribution in [1.82, 2.24) is 10.2 Å². The summed E-state index contributed by atoms with van der Waals surface area (Å²) < 4.78 is 5.93. The van der Waals surface area contributed by atoms with Crippen LogP contribution in [0.25, 0.3) is 6.08 Å². The third-order valence-corrected chi connectivity index (χ3v) is 6.85. The molecule has 0 spiro atoms. The van der Waals surface area contributed by atoms with Crippen molar-refractivity contribution in [3.8, 4) is 5.75 Å². The number of ether oxygens (including phenoxy) is 1. The Kier molecular flexibility index (Phi) is 7.18. The van der Waals surface area contributed by atoms with E-state index in [-0.39, 0.29) is 18.2 Å². The first-order valence-corrected chi connectivity index (χ1v) is 11.9. The molecule has 0 unspecified atom stereocenters. The average Bonchev–Trinajstić information content (AvgIpc) is 3.44. The molecule has 1 aliphatic heterocycles. The molecule has 164 valence electrons. The van der Waals surface area contributed by atoms with Crippen LogP contribution in [0, 0.1) is 5.92 Å². The highest BCUT2D eigenvalue weighted by molar-refractivity contribution is 8.01. The minimum Gasteiger partial charge on any atom is -0.497 e. The van der Waals surface area contributed by atoms with Gasteiger partial charge in [-0.3, -0.25) is 9.59 Å². The fraction of sp³-hybridized carbons (Fsp3) is 0.217. The molecule has 7 nitrogen and oxygen atoms in total. The number of nitrogens with one attached hydrogen (secondary N) is 1. The molecule has 3 aromatic rings. The number of carbonyl (C=O) groups is 2. The van der Waals surface area contributed by atoms with Gasteiger partial charge in [-0.1, -0.05) is 65.6 Å². The first kappa shape index (κ1) is 22.0. The van der Waals surface area contributed by atoms with Crippen LogP contribution in [0.3, 0.4) is 0 Å². The van der Waals surface area contributed by atoms with Crippen molar-refractivity contribution < 1.29 is 14.3 Å². The number of amides is 2. The predicted octanol–water partition coefficient (Wildman–Crippen LogP) is 4.34. The minimum atomic E-state index is -0.432. The fourth-order valence-electron chi connectivity index (χ4n) is 3.29. The second kappa shape index (κ2) is 10.4. The third-order valence-electron chi connectivity index (χ3n) is 4.93. The maximum absolute atomic E-state index is 12.7. The lowest BCUT2D eigenvalue weighted by atomic mass is 10.1. The van der Waals surface area contributed by atoms with Crippen LogP contribution >= 0.6 is 23.1 Å². The van der Waals surface area contributed by atoms with Crippen molar-refractivity contribution in [2.45, 2.75) is 10.8 Å². The van der Waals surface area contributed by atoms with Crippen molar-refractivity contribution in [2.24, 2.45) is 5.92 Å². The van der Waals surface area contributed by atoms with Crippen LogP contribution in [0.15, 0.2) is 65.0 Å². The standard InChI is InChI=1S/C23H22N4O3S2/c1-30-19-11-9-18(10-12-19)27-15-17(14-20(27)28)21(29)24-22-25-26-23(32-22)31-13-5-8-16-6-3-2-4-7-16/h2-12,17H,13-15H2,1H3,(H,24,25,29)/b8-5+/t17-/m0/s1. The molecule has 1 aliphatic rings. The molecule has 0 bridgehead atoms. The van der Waals surface area contributed by atoms with Crippen LogP contribution in [-0.4, -0.2) is 41.4 Å². The first-order valence-electron chi connectivity index (χ1n) is 10.1. The zero-order chi connectivity index (χ0) is 22.3. The van der Waals surface area contributed by atoms with Gasteiger partial charge >= 0.3 is 0 Å². The van der Waals surface area contributed by atoms with Crippen LogP contribution in [-0.2, 0) is 9.59 Å². The van der Waals surface area contributed by atoms with Crippen LogP contribution in [0.4, 0.5) is 10.8 Å². The summed E-state index contributed by atoms with van der Waals surface area (Å²) in [6.07, 6.45) is 4.29. The van der Waals surface area contributed by atoms with Crippen LogP contribution in [0.5, 0.6) is 5.75 Å². The molecule has 0 aliphatic carbocycles. The summed E-state index contributed by atoms with van der Waals surface area (Å²) in [5.74, 6) is 0.750. The lowest BCUT2D eigenvalue weighted by Gasteiger charge is -2.16. The second-order valence-electron chi connectivity index (χ2n) is 7.09. The van der Waals surface area contributed by atoms with E-state index >= 15 is 0 Å². The highest BCUT2D eigenvalue weighted by atomic mass is 32.2. The molecule has 0 saturated carbocycles. The van der Waals surface area contributed by atoms with E-state index in [2.05, 4.69) is 27.7 Å². The molecule has 2 heterocycles. The molecule has 0 radical (unpaired) electrons. The van der Waals surface area contributed by atoms with Gasteiger partial charge in [0.2, 0.25) is 16.9 Å². The highest BCUT2D eigenvalue weighted by Gasteiger charge is 2.35. The number of thioether (sulfide) groups is 1. The van der Waals surface area contributed by atoms with Gasteiger partial charge in [-0.25, -0.2) is 0 Å². The van der Waals surface area contributed by atoms with Gasteiger partial charge in [0.05, 0.1) is 13.0 Å². The molecule has 2 aromatic carbocycles. The quantitative estimate of drug-likeness (QED) is 0.393. The van der Waals surface area contributed by atoms with E-state index in [0.717, 1.165) is 27.1 Å². The number of methoxy groups -OCH3 is 1. The molecule has 1 atom stereocenters. The topological polar surface area (TPSA) is 84.4 Å². The van der Waals surface area contributed by atoms with Gasteiger partial charge in [0.1, 0.15) is 5.75 Å². The van der Waals surface area contributed by atoms with E-state index in [1.807, 2.05) is 42.5 Å². The summed E-state index contributed by atoms with van der Waals surface area (Å²) in [4.78, 5) is 26.7. The number of anilines is 2. The molecular weight excluding hydrogens is 444 g/mol. The zero-order valence-electron chi connectivity index (χ0n) is 17.4. The number of benzene rings is 2. The van der Waals surface area contributed by atoms with Gasteiger partial charge in [0, 0.05) is 24.4 Å². The summed E-state index contributed by atoms with van der Waals surface area (Å²) in [7, 11) is 1.59. The largest absolute Gasteiger partial charge is 0.497 e. The Bertz CT molecular complexity index is 1100. The normalized spacial score (nSPS) is 16.0. The molecule has 2 amide bonds. The van der Waals surface area contributed by atoms with Gasteiger partial charge in [-0.2, -0.15) is 0 Å². The molecule has 4 rings (SSSR count). The Balaban J connectivity index is 1.28. The SMILES string of the molecule is COc1ccc(N2C[C@@H](C(=O)Nc3nnc(SC/C=C/c4ccccc4)s3)CC2=O)cc1. The van der Waals surface area contributed by atoms with Crippen molar-refractivity contribution in [1.29, 1.82) is 0 Å². The van der Waals surface area contributed by atoms with Crippen molar-refractivity contribution in [2.75, 3.05) is 29.6 Å². The lowest BCUT2D eigenvalue weighted by molar-refractivity contribution is -0.122. The van der Waals surface area contributed by atoms with E-state index in [0.29, 0.717) is 11.7 Å². The first-order chi connectivity index (χ1) is 15.6. The van der Waals surface area contributed by atoms with Crippen LogP contribution in [0.1, 0.15) is 12.0 Å². The molecule has 32 heavy (non-hydrogen) atoms. The summed E-state index contributed by atoms with van der Waals surface area (Å²) in [5, 5.41) is 11.4. The molecule has 1 saturated heterocycles. The lowest BCUT2D eigenvalue weighted by Crippen LogP contribution is -2.28. The van der Waals surface area contributed by atoms with Gasteiger partial charge in [0.15, 0.2) is 4.34 Å². The Morgan fingerprint density at radius 3 is 2.75 bits per heavy atom. The predicted molar refractivity (Wildman–Crippen MR) is 128 cm³/mol. The monoisotopic (exact) mass is 466 g/mol. The second-order valence-corrected chi connectivity index (χ2v) is 9.33. The Morgan fingerprint density at radius 2 is 2.00 bits per heavy atom. The highest BCUT2D eigenvalue weighted by Crippen LogP contribution is 2.29. The van der Waals surface area contributed by atoms with Gasteiger partial charge in [0.25, 0.3) is 0 Å². The van der Waals surface area contributed by atoms with E-state index in [1.165, 1.54) is 11.3 Å². The van der Waals surface area contributed by atoms with E-state index < -0.39 is 5.92 Å². The number of carbonyl (C=O) groups excluding carboxylic acids is 2. The minimum absolute atomic E-state index is 0.0750. The van der Waals surface area contributed by atoms with Crippen LogP contribution in [0.2, 0.25) is 0 Å². The third kappa shape index (κ3) is 5.54. The van der Waals surface area contributed by atoms with E-state index in [9.17, 15) is 9.59 Å². The Hall–Kier alpha value is -3.17. The maximum Gasteiger partial charge on any atom is 0.231 e. The number of aromatic nitrogens is 2. The maximum atomic E-state index is 12.7. The number of nitrogens with zero attached hydrogens (tertiary/aromatic N) is 3. The number of hydrogen-bond donors (Lipinski definition) is 1. The molecular formula is C23H22N4O3S2. The molecule has 9 heteroatoms. The number of hydrogen-bond acceptors (Lipinski definition) is 7. The fourth-order valence-corrected chi connectivity index (χ4v) is 4.88. The summed E-state index contributed by atoms with van der Waals surface area (Å²) in [6, 6.07) is 17.3. The zero-order valence-corrected chi connectivity index (χ0v) is 19.1. The van der Waals surface area contributed by atoms with Crippen molar-refractivity contribution in [3.63, 3.8) is 0 Å². The summed E-state index contributed by atoms with van der Waals surface area (Å²) in [6.45, 7) is 0.335. The Labute approximate surface area is 194 Å². The summed E-state index contributed by atoms with van der Waals surface area (Å²) >= 11 is 2.89. The van der Waals surface area contributed by atoms with Crippen LogP contribution < -0.4 is 15.0 Å². The van der Waals surface area contributed by atoms with Gasteiger partial charge < -0.3 is 15.0 Å². The number of rotatable bonds is 8. The molecule has 1 fully saturated rings. The summed E-state index contributed by atoms with van der Waals surface area (Å²) in [5.41, 5.74) is 1.90. The molecule has 1 aromatic heterocycles. The van der Waals surface area contributed by atoms with Gasteiger partial charge in [-0.15, -0.1) is 10.2 Å². The average molecular weight is 467 g/mol. The van der Waals surface area contributed by atoms with Gasteiger partial charge in [-0.05, 0) is 29.8 Å². The van der Waals surface area contributed by atoms with Crippen molar-refractivity contribution >= 4 is 51.8 Å². The molecule has 1 N–H and O–H groups in total. The van der Waals surface area contributed by atoms with E-state index in [1.54, 1.807) is 35.9 Å². The van der Waals surface area contributed by atoms with E-state index in [4.69, 9.17) is 4.74 Å². The smallest absolute Gasteiger partial charge is 0.231 e. The Morgan fingerprint density at radius 1 is 1.22 bits per heavy atom.